The van der Waals surface area contributed by atoms with E-state index in [4.69, 9.17) is 17.2 Å². The first-order valence-electron chi connectivity index (χ1n) is 12.5. The van der Waals surface area contributed by atoms with E-state index in [1.54, 1.807) is 13.8 Å². The molecule has 0 aromatic heterocycles. The third kappa shape index (κ3) is 12.0. The second-order valence-electron chi connectivity index (χ2n) is 9.56. The van der Waals surface area contributed by atoms with E-state index in [9.17, 15) is 29.4 Å². The van der Waals surface area contributed by atoms with Crippen LogP contribution >= 0.6 is 0 Å². The molecule has 0 radical (unpaired) electrons. The van der Waals surface area contributed by atoms with Crippen LogP contribution in [0.15, 0.2) is 35.3 Å². The fourth-order valence-corrected chi connectivity index (χ4v) is 3.63. The maximum Gasteiger partial charge on any atom is 0.326 e. The number of carboxylic acids is 1. The summed E-state index contributed by atoms with van der Waals surface area (Å²) in [6.45, 7) is 5.07. The summed E-state index contributed by atoms with van der Waals surface area (Å²) in [6.07, 6.45) is -0.549. The molecule has 1 rings (SSSR count). The van der Waals surface area contributed by atoms with Gasteiger partial charge in [0.25, 0.3) is 0 Å². The lowest BCUT2D eigenvalue weighted by Gasteiger charge is -2.27. The van der Waals surface area contributed by atoms with Crippen LogP contribution in [0.5, 0.6) is 0 Å². The van der Waals surface area contributed by atoms with Gasteiger partial charge in [0.15, 0.2) is 5.96 Å². The maximum absolute atomic E-state index is 13.1. The van der Waals surface area contributed by atoms with Crippen LogP contribution in [0.2, 0.25) is 0 Å². The molecular formula is C25H41N7O6. The zero-order chi connectivity index (χ0) is 28.8. The van der Waals surface area contributed by atoms with Crippen molar-refractivity contribution in [3.8, 4) is 0 Å². The molecule has 13 heteroatoms. The molecule has 1 aromatic carbocycles. The molecule has 0 aliphatic heterocycles. The highest BCUT2D eigenvalue weighted by Crippen LogP contribution is 2.08. The number of nitrogens with two attached hydrogens (primary N) is 3. The standard InChI is InChI=1S/C25H41N7O6/c1-14(2)12-19(24(37)38)31-23(36)20(15(3)33)32-22(35)18(10-7-11-29-25(27)28)30-21(34)17(26)13-16-8-5-4-6-9-16/h4-6,8-9,14-15,17-20,33H,7,10-13,26H2,1-3H3,(H,30,34)(H,31,36)(H,32,35)(H,37,38)(H4,27,28,29). The van der Waals surface area contributed by atoms with Crippen LogP contribution in [0.4, 0.5) is 0 Å². The first-order valence-corrected chi connectivity index (χ1v) is 12.5. The highest BCUT2D eigenvalue weighted by molar-refractivity contribution is 5.94. The minimum Gasteiger partial charge on any atom is -0.480 e. The van der Waals surface area contributed by atoms with E-state index in [0.717, 1.165) is 5.56 Å². The van der Waals surface area contributed by atoms with E-state index in [2.05, 4.69) is 20.9 Å². The highest BCUT2D eigenvalue weighted by atomic mass is 16.4. The van der Waals surface area contributed by atoms with E-state index in [1.807, 2.05) is 30.3 Å². The Morgan fingerprint density at radius 3 is 2.05 bits per heavy atom. The number of hydrogen-bond donors (Lipinski definition) is 8. The average molecular weight is 536 g/mol. The first-order chi connectivity index (χ1) is 17.8. The molecule has 0 bridgehead atoms. The van der Waals surface area contributed by atoms with Gasteiger partial charge in [-0.1, -0.05) is 44.2 Å². The summed E-state index contributed by atoms with van der Waals surface area (Å²) in [5.41, 5.74) is 17.6. The minimum absolute atomic E-state index is 0.0269. The average Bonchev–Trinajstić information content (AvgIpc) is 2.83. The smallest absolute Gasteiger partial charge is 0.326 e. The Bertz CT molecular complexity index is 951. The lowest BCUT2D eigenvalue weighted by molar-refractivity contribution is -0.143. The van der Waals surface area contributed by atoms with Gasteiger partial charge in [0.2, 0.25) is 17.7 Å². The Hall–Kier alpha value is -3.71. The summed E-state index contributed by atoms with van der Waals surface area (Å²) >= 11 is 0. The Kier molecular flexibility index (Phi) is 13.8. The number of carbonyl (C=O) groups excluding carboxylic acids is 3. The summed E-state index contributed by atoms with van der Waals surface area (Å²) in [7, 11) is 0. The number of aliphatic hydroxyl groups excluding tert-OH is 1. The molecule has 11 N–H and O–H groups in total. The zero-order valence-electron chi connectivity index (χ0n) is 22.1. The Labute approximate surface area is 222 Å². The number of hydrogen-bond acceptors (Lipinski definition) is 7. The molecule has 5 atom stereocenters. The second kappa shape index (κ2) is 16.2. The van der Waals surface area contributed by atoms with Crippen LogP contribution < -0.4 is 33.2 Å². The van der Waals surface area contributed by atoms with Crippen molar-refractivity contribution in [1.29, 1.82) is 0 Å². The summed E-state index contributed by atoms with van der Waals surface area (Å²) < 4.78 is 0. The van der Waals surface area contributed by atoms with E-state index in [1.165, 1.54) is 6.92 Å². The van der Waals surface area contributed by atoms with Crippen molar-refractivity contribution in [2.45, 2.75) is 76.7 Å². The van der Waals surface area contributed by atoms with E-state index >= 15 is 0 Å². The largest absolute Gasteiger partial charge is 0.480 e. The Morgan fingerprint density at radius 2 is 1.53 bits per heavy atom. The number of amides is 3. The number of guanidine groups is 1. The van der Waals surface area contributed by atoms with Crippen LogP contribution in [0.3, 0.4) is 0 Å². The summed E-state index contributed by atoms with van der Waals surface area (Å²) in [4.78, 5) is 54.2. The quantitative estimate of drug-likeness (QED) is 0.0703. The van der Waals surface area contributed by atoms with E-state index in [-0.39, 0.29) is 37.7 Å². The molecule has 0 aliphatic carbocycles. The predicted octanol–water partition coefficient (Wildman–Crippen LogP) is -1.42. The number of benzene rings is 1. The van der Waals surface area contributed by atoms with Gasteiger partial charge >= 0.3 is 5.97 Å². The lowest BCUT2D eigenvalue weighted by atomic mass is 10.0. The van der Waals surface area contributed by atoms with Crippen molar-refractivity contribution < 1.29 is 29.4 Å². The summed E-state index contributed by atoms with van der Waals surface area (Å²) in [5.74, 6) is -3.60. The monoisotopic (exact) mass is 535 g/mol. The fourth-order valence-electron chi connectivity index (χ4n) is 3.63. The number of rotatable bonds is 16. The molecule has 13 nitrogen and oxygen atoms in total. The van der Waals surface area contributed by atoms with E-state index < -0.39 is 54.0 Å². The normalized spacial score (nSPS) is 14.9. The van der Waals surface area contributed by atoms with E-state index in [0.29, 0.717) is 6.42 Å². The van der Waals surface area contributed by atoms with Gasteiger partial charge in [-0.2, -0.15) is 0 Å². The second-order valence-corrected chi connectivity index (χ2v) is 9.56. The number of aliphatic hydroxyl groups is 1. The van der Waals surface area contributed by atoms with Crippen LogP contribution in [0.25, 0.3) is 0 Å². The van der Waals surface area contributed by atoms with Crippen molar-refractivity contribution in [2.75, 3.05) is 6.54 Å². The topological polar surface area (TPSA) is 235 Å². The molecule has 0 spiro atoms. The van der Waals surface area contributed by atoms with Gasteiger partial charge < -0.3 is 43.4 Å². The van der Waals surface area contributed by atoms with Crippen molar-refractivity contribution in [3.63, 3.8) is 0 Å². The van der Waals surface area contributed by atoms with Gasteiger partial charge in [-0.05, 0) is 44.1 Å². The number of nitrogens with one attached hydrogen (secondary N) is 3. The number of carboxylic acid groups (broad SMARTS) is 1. The van der Waals surface area contributed by atoms with Crippen LogP contribution in [0, 0.1) is 5.92 Å². The molecule has 5 unspecified atom stereocenters. The SMILES string of the molecule is CC(C)CC(NC(=O)C(NC(=O)C(CCCN=C(N)N)NC(=O)C(N)Cc1ccccc1)C(C)O)C(=O)O. The number of carbonyl (C=O) groups is 4. The molecule has 3 amide bonds. The molecule has 0 aliphatic rings. The van der Waals surface area contributed by atoms with Gasteiger partial charge in [-0.25, -0.2) is 4.79 Å². The molecule has 38 heavy (non-hydrogen) atoms. The molecule has 0 heterocycles. The van der Waals surface area contributed by atoms with Gasteiger partial charge in [-0.15, -0.1) is 0 Å². The zero-order valence-corrected chi connectivity index (χ0v) is 22.1. The van der Waals surface area contributed by atoms with Crippen molar-refractivity contribution >= 4 is 29.7 Å². The van der Waals surface area contributed by atoms with Gasteiger partial charge in [-0.3, -0.25) is 19.4 Å². The summed E-state index contributed by atoms with van der Waals surface area (Å²) in [6, 6.07) is 4.37. The first kappa shape index (κ1) is 32.3. The van der Waals surface area contributed by atoms with Crippen molar-refractivity contribution in [1.82, 2.24) is 16.0 Å². The van der Waals surface area contributed by atoms with Crippen LogP contribution in [0.1, 0.15) is 45.6 Å². The Morgan fingerprint density at radius 1 is 0.921 bits per heavy atom. The van der Waals surface area contributed by atoms with Crippen LogP contribution in [-0.2, 0) is 25.6 Å². The molecule has 0 saturated heterocycles. The van der Waals surface area contributed by atoms with Crippen molar-refractivity contribution in [3.05, 3.63) is 35.9 Å². The lowest BCUT2D eigenvalue weighted by Crippen LogP contribution is -2.60. The number of nitrogens with zero attached hydrogens (tertiary/aromatic N) is 1. The van der Waals surface area contributed by atoms with Gasteiger partial charge in [0.05, 0.1) is 12.1 Å². The third-order valence-electron chi connectivity index (χ3n) is 5.60. The molecule has 1 aromatic rings. The molecule has 0 fully saturated rings. The van der Waals surface area contributed by atoms with Crippen LogP contribution in [-0.4, -0.2) is 76.7 Å². The molecule has 0 saturated carbocycles. The highest BCUT2D eigenvalue weighted by Gasteiger charge is 2.32. The van der Waals surface area contributed by atoms with Crippen molar-refractivity contribution in [2.24, 2.45) is 28.1 Å². The number of aliphatic imine (C=N–C) groups is 1. The van der Waals surface area contributed by atoms with Gasteiger partial charge in [0, 0.05) is 6.54 Å². The molecule has 212 valence electrons. The predicted molar refractivity (Wildman–Crippen MR) is 143 cm³/mol. The Balaban J connectivity index is 2.99. The minimum atomic E-state index is -1.47. The fraction of sp³-hybridized carbons (Fsp3) is 0.560. The van der Waals surface area contributed by atoms with Gasteiger partial charge in [0.1, 0.15) is 18.1 Å². The number of aliphatic carboxylic acids is 1. The third-order valence-corrected chi connectivity index (χ3v) is 5.60. The summed E-state index contributed by atoms with van der Waals surface area (Å²) in [5, 5.41) is 27.0. The maximum atomic E-state index is 13.1. The molecular weight excluding hydrogens is 494 g/mol.